The normalized spacial score (nSPS) is 12.1. The predicted molar refractivity (Wildman–Crippen MR) is 72.6 cm³/mol. The van der Waals surface area contributed by atoms with Crippen LogP contribution in [0.1, 0.15) is 51.9 Å². The van der Waals surface area contributed by atoms with E-state index in [1.54, 1.807) is 12.1 Å². The van der Waals surface area contributed by atoms with Gasteiger partial charge in [-0.1, -0.05) is 0 Å². The van der Waals surface area contributed by atoms with E-state index in [9.17, 15) is 4.79 Å². The molecule has 0 aromatic heterocycles. The summed E-state index contributed by atoms with van der Waals surface area (Å²) in [5, 5.41) is 0. The molecule has 100 valence electrons. The summed E-state index contributed by atoms with van der Waals surface area (Å²) in [4.78, 5) is 10.9. The van der Waals surface area contributed by atoms with Crippen LogP contribution < -0.4 is 9.47 Å². The molecule has 0 aliphatic heterocycles. The van der Waals surface area contributed by atoms with Crippen molar-refractivity contribution < 1.29 is 14.3 Å². The van der Waals surface area contributed by atoms with Crippen LogP contribution in [-0.4, -0.2) is 17.5 Å². The summed E-state index contributed by atoms with van der Waals surface area (Å²) in [6, 6.07) is 5.24. The molecule has 0 heterocycles. The number of rotatable bonds is 3. The van der Waals surface area contributed by atoms with E-state index < -0.39 is 0 Å². The molecule has 1 aromatic rings. The van der Waals surface area contributed by atoms with Crippen molar-refractivity contribution in [3.05, 3.63) is 23.8 Å². The highest BCUT2D eigenvalue weighted by atomic mass is 16.5. The average molecular weight is 250 g/mol. The van der Waals surface area contributed by atoms with Crippen molar-refractivity contribution in [2.24, 2.45) is 0 Å². The number of aldehydes is 1. The molecular weight excluding hydrogens is 228 g/mol. The Bertz CT molecular complexity index is 388. The smallest absolute Gasteiger partial charge is 0.150 e. The van der Waals surface area contributed by atoms with Gasteiger partial charge in [-0.2, -0.15) is 0 Å². The minimum Gasteiger partial charge on any atom is -0.488 e. The highest BCUT2D eigenvalue weighted by Crippen LogP contribution is 2.27. The van der Waals surface area contributed by atoms with E-state index in [2.05, 4.69) is 0 Å². The van der Waals surface area contributed by atoms with E-state index in [0.29, 0.717) is 17.1 Å². The Kier molecular flexibility index (Phi) is 4.05. The van der Waals surface area contributed by atoms with Gasteiger partial charge in [-0.25, -0.2) is 0 Å². The first-order chi connectivity index (χ1) is 8.09. The summed E-state index contributed by atoms with van der Waals surface area (Å²) in [7, 11) is 0. The van der Waals surface area contributed by atoms with Crippen molar-refractivity contribution in [1.82, 2.24) is 0 Å². The predicted octanol–water partition coefficient (Wildman–Crippen LogP) is 3.85. The molecule has 18 heavy (non-hydrogen) atoms. The monoisotopic (exact) mass is 250 g/mol. The van der Waals surface area contributed by atoms with Gasteiger partial charge in [-0.3, -0.25) is 4.79 Å². The van der Waals surface area contributed by atoms with Crippen molar-refractivity contribution in [2.45, 2.75) is 52.7 Å². The van der Waals surface area contributed by atoms with Crippen LogP contribution in [0.25, 0.3) is 0 Å². The largest absolute Gasteiger partial charge is 0.488 e. The van der Waals surface area contributed by atoms with Crippen molar-refractivity contribution in [1.29, 1.82) is 0 Å². The molecule has 3 heteroatoms. The molecule has 0 unspecified atom stereocenters. The molecule has 0 radical (unpaired) electrons. The van der Waals surface area contributed by atoms with Crippen molar-refractivity contribution in [2.75, 3.05) is 0 Å². The SMILES string of the molecule is CC(C)(C)Oc1cc(C=O)cc(OC(C)(C)C)c1. The van der Waals surface area contributed by atoms with Gasteiger partial charge in [0, 0.05) is 11.6 Å². The molecule has 1 rings (SSSR count). The number of hydrogen-bond acceptors (Lipinski definition) is 3. The molecule has 0 aliphatic carbocycles. The molecule has 0 amide bonds. The van der Waals surface area contributed by atoms with E-state index in [4.69, 9.17) is 9.47 Å². The Morgan fingerprint density at radius 3 is 1.50 bits per heavy atom. The summed E-state index contributed by atoms with van der Waals surface area (Å²) in [6.07, 6.45) is 0.797. The van der Waals surface area contributed by atoms with Gasteiger partial charge >= 0.3 is 0 Å². The van der Waals surface area contributed by atoms with Crippen LogP contribution in [0.4, 0.5) is 0 Å². The lowest BCUT2D eigenvalue weighted by Crippen LogP contribution is -2.24. The summed E-state index contributed by atoms with van der Waals surface area (Å²) >= 11 is 0. The van der Waals surface area contributed by atoms with Gasteiger partial charge in [0.15, 0.2) is 0 Å². The summed E-state index contributed by atoms with van der Waals surface area (Å²) in [6.45, 7) is 11.8. The first kappa shape index (κ1) is 14.6. The topological polar surface area (TPSA) is 35.5 Å². The van der Waals surface area contributed by atoms with Crippen LogP contribution in [0.15, 0.2) is 18.2 Å². The highest BCUT2D eigenvalue weighted by molar-refractivity contribution is 5.76. The van der Waals surface area contributed by atoms with Crippen molar-refractivity contribution in [3.63, 3.8) is 0 Å². The molecule has 0 saturated carbocycles. The molecule has 0 saturated heterocycles. The highest BCUT2D eigenvalue weighted by Gasteiger charge is 2.16. The molecule has 0 fully saturated rings. The fourth-order valence-corrected chi connectivity index (χ4v) is 1.49. The second kappa shape index (κ2) is 5.01. The summed E-state index contributed by atoms with van der Waals surface area (Å²) < 4.78 is 11.5. The van der Waals surface area contributed by atoms with Gasteiger partial charge in [0.2, 0.25) is 0 Å². The summed E-state index contributed by atoms with van der Waals surface area (Å²) in [5.74, 6) is 1.29. The fraction of sp³-hybridized carbons (Fsp3) is 0.533. The number of carbonyl (C=O) groups excluding carboxylic acids is 1. The lowest BCUT2D eigenvalue weighted by molar-refractivity contribution is 0.110. The van der Waals surface area contributed by atoms with Crippen LogP contribution in [0.2, 0.25) is 0 Å². The molecule has 0 atom stereocenters. The first-order valence-electron chi connectivity index (χ1n) is 6.07. The molecule has 3 nitrogen and oxygen atoms in total. The van der Waals surface area contributed by atoms with Gasteiger partial charge in [-0.05, 0) is 53.7 Å². The molecule has 1 aromatic carbocycles. The number of benzene rings is 1. The van der Waals surface area contributed by atoms with Crippen LogP contribution in [0.3, 0.4) is 0 Å². The third-order valence-corrected chi connectivity index (χ3v) is 1.89. The maximum absolute atomic E-state index is 10.9. The zero-order valence-electron chi connectivity index (χ0n) is 12.0. The van der Waals surface area contributed by atoms with E-state index in [-0.39, 0.29) is 11.2 Å². The third-order valence-electron chi connectivity index (χ3n) is 1.89. The zero-order valence-corrected chi connectivity index (χ0v) is 12.0. The van der Waals surface area contributed by atoms with Crippen LogP contribution in [0.5, 0.6) is 11.5 Å². The van der Waals surface area contributed by atoms with E-state index >= 15 is 0 Å². The van der Waals surface area contributed by atoms with Crippen LogP contribution >= 0.6 is 0 Å². The number of carbonyl (C=O) groups is 1. The van der Waals surface area contributed by atoms with Gasteiger partial charge in [0.05, 0.1) is 0 Å². The zero-order chi connectivity index (χ0) is 14.0. The van der Waals surface area contributed by atoms with E-state index in [1.807, 2.05) is 47.6 Å². The second-order valence-electron chi connectivity index (χ2n) is 6.28. The lowest BCUT2D eigenvalue weighted by Gasteiger charge is -2.24. The standard InChI is InChI=1S/C15H22O3/c1-14(2,3)17-12-7-11(10-16)8-13(9-12)18-15(4,5)6/h7-10H,1-6H3. The molecule has 0 spiro atoms. The lowest BCUT2D eigenvalue weighted by atomic mass is 10.1. The van der Waals surface area contributed by atoms with Crippen LogP contribution in [0, 0.1) is 0 Å². The van der Waals surface area contributed by atoms with Gasteiger partial charge < -0.3 is 9.47 Å². The number of hydrogen-bond donors (Lipinski definition) is 0. The quantitative estimate of drug-likeness (QED) is 0.764. The Labute approximate surface area is 109 Å². The Hall–Kier alpha value is -1.51. The van der Waals surface area contributed by atoms with Gasteiger partial charge in [0.1, 0.15) is 29.0 Å². The minimum atomic E-state index is -0.305. The molecule has 0 N–H and O–H groups in total. The summed E-state index contributed by atoms with van der Waals surface area (Å²) in [5.41, 5.74) is -0.0582. The molecular formula is C15H22O3. The first-order valence-corrected chi connectivity index (χ1v) is 6.07. The molecule has 0 aliphatic rings. The van der Waals surface area contributed by atoms with Gasteiger partial charge in [-0.15, -0.1) is 0 Å². The van der Waals surface area contributed by atoms with Crippen LogP contribution in [-0.2, 0) is 0 Å². The number of ether oxygens (including phenoxy) is 2. The molecule has 0 bridgehead atoms. The Morgan fingerprint density at radius 1 is 0.833 bits per heavy atom. The minimum absolute atomic E-state index is 0.305. The van der Waals surface area contributed by atoms with E-state index in [0.717, 1.165) is 6.29 Å². The van der Waals surface area contributed by atoms with Crippen molar-refractivity contribution >= 4 is 6.29 Å². The maximum atomic E-state index is 10.9. The third kappa shape index (κ3) is 5.21. The fourth-order valence-electron chi connectivity index (χ4n) is 1.49. The van der Waals surface area contributed by atoms with Gasteiger partial charge in [0.25, 0.3) is 0 Å². The maximum Gasteiger partial charge on any atom is 0.150 e. The average Bonchev–Trinajstić information content (AvgIpc) is 2.11. The van der Waals surface area contributed by atoms with E-state index in [1.165, 1.54) is 0 Å². The second-order valence-corrected chi connectivity index (χ2v) is 6.28. The van der Waals surface area contributed by atoms with Crippen molar-refractivity contribution in [3.8, 4) is 11.5 Å². The Balaban J connectivity index is 3.05. The Morgan fingerprint density at radius 2 is 1.22 bits per heavy atom.